The van der Waals surface area contributed by atoms with Gasteiger partial charge in [0.15, 0.2) is 4.32 Å². The van der Waals surface area contributed by atoms with Crippen molar-refractivity contribution in [3.63, 3.8) is 0 Å². The number of thiocarbonyl (C=S) groups is 1. The molecule has 1 radical (unpaired) electrons. The van der Waals surface area contributed by atoms with E-state index in [0.29, 0.717) is 4.32 Å². The van der Waals surface area contributed by atoms with Gasteiger partial charge in [-0.25, -0.2) is 0 Å². The van der Waals surface area contributed by atoms with Crippen LogP contribution in [0.4, 0.5) is 0 Å². The Morgan fingerprint density at radius 3 is 2.00 bits per heavy atom. The van der Waals surface area contributed by atoms with Crippen LogP contribution in [0.1, 0.15) is 19.3 Å². The fraction of sp³-hybridized carbons (Fsp3) is 0.833. The summed E-state index contributed by atoms with van der Waals surface area (Å²) in [7, 11) is 0. The fourth-order valence-electron chi connectivity index (χ4n) is 1.08. The van der Waals surface area contributed by atoms with E-state index in [1.54, 1.807) is 0 Å². The normalized spacial score (nSPS) is 19.8. The van der Waals surface area contributed by atoms with Crippen molar-refractivity contribution >= 4 is 29.2 Å². The number of hydrogen-bond acceptors (Lipinski definition) is 1. The Morgan fingerprint density at radius 1 is 1.11 bits per heavy atom. The van der Waals surface area contributed by atoms with Crippen LogP contribution in [0.5, 0.6) is 0 Å². The first kappa shape index (κ1) is 7.22. The lowest BCUT2D eigenvalue weighted by molar-refractivity contribution is 0.352. The van der Waals surface area contributed by atoms with E-state index in [2.05, 4.69) is 4.90 Å². The fourth-order valence-corrected chi connectivity index (χ4v) is 1.44. The Balaban J connectivity index is 2.31. The molecule has 0 unspecified atom stereocenters. The zero-order valence-electron chi connectivity index (χ0n) is 5.30. The molecule has 1 saturated heterocycles. The number of piperidine rings is 1. The Kier molecular flexibility index (Phi) is 2.66. The van der Waals surface area contributed by atoms with Gasteiger partial charge in [-0.05, 0) is 44.1 Å². The van der Waals surface area contributed by atoms with Gasteiger partial charge in [-0.3, -0.25) is 0 Å². The molecule has 0 saturated carbocycles. The SMILES string of the molecule is [S]C(=S)N1CCCCC1. The molecular weight excluding hydrogens is 150 g/mol. The monoisotopic (exact) mass is 160 g/mol. The molecule has 0 spiro atoms. The first-order valence-electron chi connectivity index (χ1n) is 3.26. The summed E-state index contributed by atoms with van der Waals surface area (Å²) in [5.74, 6) is 0. The van der Waals surface area contributed by atoms with Crippen LogP contribution in [0.2, 0.25) is 0 Å². The molecule has 0 aliphatic carbocycles. The number of likely N-dealkylation sites (tertiary alicyclic amines) is 1. The van der Waals surface area contributed by atoms with Crippen molar-refractivity contribution in [3.8, 4) is 0 Å². The Bertz CT molecular complexity index is 108. The van der Waals surface area contributed by atoms with Gasteiger partial charge >= 0.3 is 0 Å². The van der Waals surface area contributed by atoms with Gasteiger partial charge in [0.05, 0.1) is 0 Å². The second kappa shape index (κ2) is 3.32. The van der Waals surface area contributed by atoms with Crippen molar-refractivity contribution in [3.05, 3.63) is 0 Å². The lowest BCUT2D eigenvalue weighted by atomic mass is 10.1. The third-order valence-corrected chi connectivity index (χ3v) is 2.13. The molecule has 9 heavy (non-hydrogen) atoms. The van der Waals surface area contributed by atoms with Gasteiger partial charge in [-0.15, -0.1) is 0 Å². The van der Waals surface area contributed by atoms with E-state index in [1.807, 2.05) is 0 Å². The predicted octanol–water partition coefficient (Wildman–Crippen LogP) is 1.95. The van der Waals surface area contributed by atoms with Gasteiger partial charge in [0.25, 0.3) is 0 Å². The molecule has 0 atom stereocenters. The van der Waals surface area contributed by atoms with Crippen LogP contribution in [0.3, 0.4) is 0 Å². The summed E-state index contributed by atoms with van der Waals surface area (Å²) in [5, 5.41) is 0. The highest BCUT2D eigenvalue weighted by molar-refractivity contribution is 8.10. The summed E-state index contributed by atoms with van der Waals surface area (Å²) in [6.07, 6.45) is 3.86. The average Bonchev–Trinajstić information content (AvgIpc) is 1.90. The summed E-state index contributed by atoms with van der Waals surface area (Å²) < 4.78 is 0.648. The molecule has 1 nitrogen and oxygen atoms in total. The maximum Gasteiger partial charge on any atom is 0.166 e. The minimum atomic E-state index is 0.648. The van der Waals surface area contributed by atoms with Crippen molar-refractivity contribution in [2.75, 3.05) is 13.1 Å². The number of nitrogens with zero attached hydrogens (tertiary/aromatic N) is 1. The second-order valence-corrected chi connectivity index (χ2v) is 3.35. The first-order chi connectivity index (χ1) is 4.30. The van der Waals surface area contributed by atoms with Crippen LogP contribution in [0, 0.1) is 0 Å². The maximum absolute atomic E-state index is 4.86. The van der Waals surface area contributed by atoms with Gasteiger partial charge in [0.2, 0.25) is 0 Å². The van der Waals surface area contributed by atoms with E-state index in [4.69, 9.17) is 24.8 Å². The highest BCUT2D eigenvalue weighted by Gasteiger charge is 2.09. The van der Waals surface area contributed by atoms with Crippen LogP contribution >= 0.6 is 24.8 Å². The van der Waals surface area contributed by atoms with E-state index in [0.717, 1.165) is 13.1 Å². The maximum atomic E-state index is 4.86. The number of hydrogen-bond donors (Lipinski definition) is 0. The van der Waals surface area contributed by atoms with Gasteiger partial charge < -0.3 is 4.90 Å². The second-order valence-electron chi connectivity index (χ2n) is 2.31. The Morgan fingerprint density at radius 2 is 1.67 bits per heavy atom. The molecule has 0 aromatic heterocycles. The summed E-state index contributed by atoms with van der Waals surface area (Å²) in [6.45, 7) is 2.17. The molecule has 0 N–H and O–H groups in total. The molecule has 0 aromatic rings. The van der Waals surface area contributed by atoms with E-state index >= 15 is 0 Å². The topological polar surface area (TPSA) is 3.24 Å². The van der Waals surface area contributed by atoms with Crippen molar-refractivity contribution < 1.29 is 0 Å². The molecule has 1 aliphatic heterocycles. The molecular formula is C6H10NS2. The van der Waals surface area contributed by atoms with Gasteiger partial charge in [-0.1, -0.05) is 0 Å². The van der Waals surface area contributed by atoms with Crippen molar-refractivity contribution in [2.45, 2.75) is 19.3 Å². The molecule has 1 heterocycles. The van der Waals surface area contributed by atoms with Gasteiger partial charge in [-0.2, -0.15) is 0 Å². The Hall–Kier alpha value is 0.110. The largest absolute Gasteiger partial charge is 0.354 e. The quantitative estimate of drug-likeness (QED) is 0.498. The van der Waals surface area contributed by atoms with Crippen molar-refractivity contribution in [1.82, 2.24) is 4.90 Å². The van der Waals surface area contributed by atoms with Crippen LogP contribution in [-0.4, -0.2) is 22.3 Å². The van der Waals surface area contributed by atoms with Crippen LogP contribution in [0.25, 0.3) is 0 Å². The lowest BCUT2D eigenvalue weighted by Gasteiger charge is -2.25. The molecule has 0 bridgehead atoms. The first-order valence-corrected chi connectivity index (χ1v) is 4.08. The highest BCUT2D eigenvalue weighted by Crippen LogP contribution is 2.10. The van der Waals surface area contributed by atoms with Crippen molar-refractivity contribution in [2.24, 2.45) is 0 Å². The zero-order valence-corrected chi connectivity index (χ0v) is 6.93. The molecule has 1 fully saturated rings. The van der Waals surface area contributed by atoms with Gasteiger partial charge in [0.1, 0.15) is 0 Å². The van der Waals surface area contributed by atoms with Crippen molar-refractivity contribution in [1.29, 1.82) is 0 Å². The predicted molar refractivity (Wildman–Crippen MR) is 45.6 cm³/mol. The summed E-state index contributed by atoms with van der Waals surface area (Å²) in [6, 6.07) is 0. The molecule has 0 amide bonds. The average molecular weight is 160 g/mol. The smallest absolute Gasteiger partial charge is 0.166 e. The minimum Gasteiger partial charge on any atom is -0.354 e. The van der Waals surface area contributed by atoms with E-state index in [9.17, 15) is 0 Å². The summed E-state index contributed by atoms with van der Waals surface area (Å²) in [5.41, 5.74) is 0. The van der Waals surface area contributed by atoms with Crippen LogP contribution in [0.15, 0.2) is 0 Å². The standard InChI is InChI=1S/C6H10NS2/c8-6(9)7-4-2-1-3-5-7/h1-5H2. The Labute approximate surface area is 66.8 Å². The molecule has 3 heteroatoms. The third kappa shape index (κ3) is 2.06. The van der Waals surface area contributed by atoms with E-state index < -0.39 is 0 Å². The lowest BCUT2D eigenvalue weighted by Crippen LogP contribution is -2.31. The van der Waals surface area contributed by atoms with E-state index in [1.165, 1.54) is 19.3 Å². The summed E-state index contributed by atoms with van der Waals surface area (Å²) in [4.78, 5) is 2.11. The minimum absolute atomic E-state index is 0.648. The van der Waals surface area contributed by atoms with Crippen LogP contribution in [-0.2, 0) is 0 Å². The van der Waals surface area contributed by atoms with Crippen LogP contribution < -0.4 is 0 Å². The zero-order chi connectivity index (χ0) is 6.69. The molecule has 51 valence electrons. The molecule has 1 rings (SSSR count). The third-order valence-electron chi connectivity index (χ3n) is 1.61. The highest BCUT2D eigenvalue weighted by atomic mass is 32.1. The summed E-state index contributed by atoms with van der Waals surface area (Å²) >= 11 is 9.71. The number of rotatable bonds is 0. The van der Waals surface area contributed by atoms with Gasteiger partial charge in [0, 0.05) is 13.1 Å². The van der Waals surface area contributed by atoms with E-state index in [-0.39, 0.29) is 0 Å². The molecule has 1 aliphatic rings. The molecule has 0 aromatic carbocycles.